The molecule has 0 atom stereocenters. The van der Waals surface area contributed by atoms with Crippen LogP contribution in [-0.2, 0) is 17.8 Å². The molecule has 4 nitrogen and oxygen atoms in total. The molecule has 0 amide bonds. The summed E-state index contributed by atoms with van der Waals surface area (Å²) in [6, 6.07) is 20.9. The number of aliphatic carboxylic acids is 1. The fourth-order valence-electron chi connectivity index (χ4n) is 3.66. The van der Waals surface area contributed by atoms with Gasteiger partial charge in [0, 0.05) is 40.2 Å². The quantitative estimate of drug-likeness (QED) is 0.561. The molecule has 3 aromatic rings. The van der Waals surface area contributed by atoms with Crippen molar-refractivity contribution in [1.29, 1.82) is 0 Å². The highest BCUT2D eigenvalue weighted by atomic mass is 32.2. The van der Waals surface area contributed by atoms with Gasteiger partial charge >= 0.3 is 5.97 Å². The van der Waals surface area contributed by atoms with Crippen LogP contribution in [0.4, 0.5) is 0 Å². The fraction of sp³-hybridized carbons (Fsp3) is 0.160. The molecule has 0 fully saturated rings. The van der Waals surface area contributed by atoms with Crippen molar-refractivity contribution >= 4 is 23.3 Å². The molecule has 1 aliphatic heterocycles. The lowest BCUT2D eigenvalue weighted by atomic mass is 10.0. The van der Waals surface area contributed by atoms with Crippen LogP contribution in [0.1, 0.15) is 22.5 Å². The number of nitrogens with one attached hydrogen (secondary N) is 1. The van der Waals surface area contributed by atoms with Gasteiger partial charge in [-0.3, -0.25) is 4.79 Å². The maximum absolute atomic E-state index is 11.5. The summed E-state index contributed by atoms with van der Waals surface area (Å²) >= 11 is 1.76. The minimum Gasteiger partial charge on any atom is -0.480 e. The molecular weight excluding hydrogens is 392 g/mol. The summed E-state index contributed by atoms with van der Waals surface area (Å²) < 4.78 is 1.90. The molecule has 1 aromatic heterocycles. The molecule has 2 heterocycles. The Morgan fingerprint density at radius 1 is 1.10 bits per heavy atom. The lowest BCUT2D eigenvalue weighted by Crippen LogP contribution is -2.15. The Morgan fingerprint density at radius 3 is 2.60 bits per heavy atom. The number of aromatic nitrogens is 1. The van der Waals surface area contributed by atoms with Crippen LogP contribution in [0.5, 0.6) is 0 Å². The van der Waals surface area contributed by atoms with Gasteiger partial charge in [-0.2, -0.15) is 0 Å². The third-order valence-corrected chi connectivity index (χ3v) is 6.30. The van der Waals surface area contributed by atoms with Gasteiger partial charge in [-0.1, -0.05) is 60.3 Å². The van der Waals surface area contributed by atoms with Crippen LogP contribution in [0.3, 0.4) is 0 Å². The maximum atomic E-state index is 11.5. The van der Waals surface area contributed by atoms with E-state index in [4.69, 9.17) is 0 Å². The zero-order chi connectivity index (χ0) is 20.9. The number of carboxylic acid groups (broad SMARTS) is 1. The molecule has 0 aliphatic carbocycles. The third-order valence-electron chi connectivity index (χ3n) is 5.18. The second kappa shape index (κ2) is 9.09. The van der Waals surface area contributed by atoms with Crippen molar-refractivity contribution in [1.82, 2.24) is 9.88 Å². The van der Waals surface area contributed by atoms with Gasteiger partial charge in [-0.15, -0.1) is 0 Å². The minimum atomic E-state index is -0.838. The van der Waals surface area contributed by atoms with Crippen LogP contribution in [0.2, 0.25) is 0 Å². The van der Waals surface area contributed by atoms with Crippen LogP contribution in [0.15, 0.2) is 88.8 Å². The van der Waals surface area contributed by atoms with Crippen LogP contribution in [0.25, 0.3) is 5.57 Å². The highest BCUT2D eigenvalue weighted by Gasteiger charge is 2.18. The Hall–Kier alpha value is -3.18. The first-order valence-electron chi connectivity index (χ1n) is 9.94. The largest absolute Gasteiger partial charge is 0.480 e. The number of nitrogens with zero attached hydrogens (tertiary/aromatic N) is 1. The highest BCUT2D eigenvalue weighted by molar-refractivity contribution is 7.99. The van der Waals surface area contributed by atoms with E-state index >= 15 is 0 Å². The topological polar surface area (TPSA) is 54.3 Å². The summed E-state index contributed by atoms with van der Waals surface area (Å²) in [6.45, 7) is 2.75. The molecule has 1 aliphatic rings. The van der Waals surface area contributed by atoms with Gasteiger partial charge in [0.15, 0.2) is 0 Å². The monoisotopic (exact) mass is 416 g/mol. The predicted octanol–water partition coefficient (Wildman–Crippen LogP) is 5.12. The Bertz CT molecular complexity index is 1110. The molecule has 2 aromatic carbocycles. The first-order chi connectivity index (χ1) is 14.6. The third kappa shape index (κ3) is 4.52. The lowest BCUT2D eigenvalue weighted by Gasteiger charge is -2.13. The number of rotatable bonds is 7. The smallest absolute Gasteiger partial charge is 0.323 e. The molecule has 0 saturated carbocycles. The molecule has 0 saturated heterocycles. The number of allylic oxidation sites excluding steroid dienone is 2. The standard InChI is InChI=1S/C25H24N2O2S/c1-18-21(15-23(27(18)17-25(28)29)20-9-7-13-26-16-20)14-19-8-5-6-12-24(19)30-22-10-3-2-4-11-22/h2-12,15-16,26H,13-14,17H2,1H3,(H,28,29). The van der Waals surface area contributed by atoms with E-state index in [0.717, 1.165) is 35.5 Å². The normalized spacial score (nSPS) is 13.0. The number of dihydropyridines is 1. The van der Waals surface area contributed by atoms with Gasteiger partial charge in [0.25, 0.3) is 0 Å². The number of carbonyl (C=O) groups is 1. The Labute approximate surface area is 180 Å². The summed E-state index contributed by atoms with van der Waals surface area (Å²) in [5.74, 6) is -0.838. The summed E-state index contributed by atoms with van der Waals surface area (Å²) in [5.41, 5.74) is 5.31. The van der Waals surface area contributed by atoms with E-state index in [-0.39, 0.29) is 6.54 Å². The highest BCUT2D eigenvalue weighted by Crippen LogP contribution is 2.33. The molecule has 30 heavy (non-hydrogen) atoms. The van der Waals surface area contributed by atoms with E-state index in [1.165, 1.54) is 15.4 Å². The summed E-state index contributed by atoms with van der Waals surface area (Å²) in [4.78, 5) is 13.9. The molecule has 0 unspecified atom stereocenters. The zero-order valence-electron chi connectivity index (χ0n) is 16.8. The van der Waals surface area contributed by atoms with Gasteiger partial charge in [0.1, 0.15) is 6.54 Å². The molecular formula is C25H24N2O2S. The van der Waals surface area contributed by atoms with Crippen molar-refractivity contribution in [2.24, 2.45) is 0 Å². The van der Waals surface area contributed by atoms with E-state index in [1.807, 2.05) is 48.0 Å². The Morgan fingerprint density at radius 2 is 1.87 bits per heavy atom. The van der Waals surface area contributed by atoms with Gasteiger partial charge in [0.2, 0.25) is 0 Å². The second-order valence-corrected chi connectivity index (χ2v) is 8.35. The van der Waals surface area contributed by atoms with E-state index in [1.54, 1.807) is 11.8 Å². The van der Waals surface area contributed by atoms with E-state index in [0.29, 0.717) is 0 Å². The van der Waals surface area contributed by atoms with Gasteiger partial charge in [-0.25, -0.2) is 0 Å². The van der Waals surface area contributed by atoms with Crippen LogP contribution in [-0.4, -0.2) is 22.2 Å². The van der Waals surface area contributed by atoms with Crippen molar-refractivity contribution in [3.8, 4) is 0 Å². The number of hydrogen-bond acceptors (Lipinski definition) is 3. The van der Waals surface area contributed by atoms with Gasteiger partial charge < -0.3 is 15.0 Å². The van der Waals surface area contributed by atoms with E-state index < -0.39 is 5.97 Å². The molecule has 2 N–H and O–H groups in total. The fourth-order valence-corrected chi connectivity index (χ4v) is 4.62. The zero-order valence-corrected chi connectivity index (χ0v) is 17.7. The van der Waals surface area contributed by atoms with Crippen LogP contribution >= 0.6 is 11.8 Å². The Balaban J connectivity index is 1.69. The summed E-state index contributed by atoms with van der Waals surface area (Å²) in [7, 11) is 0. The van der Waals surface area contributed by atoms with E-state index in [2.05, 4.69) is 47.8 Å². The van der Waals surface area contributed by atoms with Gasteiger partial charge in [0.05, 0.1) is 5.69 Å². The lowest BCUT2D eigenvalue weighted by molar-refractivity contribution is -0.137. The van der Waals surface area contributed by atoms with Crippen LogP contribution < -0.4 is 5.32 Å². The molecule has 0 bridgehead atoms. The average Bonchev–Trinajstić information content (AvgIpc) is 3.06. The maximum Gasteiger partial charge on any atom is 0.323 e. The first kappa shape index (κ1) is 20.1. The Kier molecular flexibility index (Phi) is 6.10. The molecule has 4 rings (SSSR count). The molecule has 5 heteroatoms. The molecule has 0 spiro atoms. The number of benzene rings is 2. The molecule has 0 radical (unpaired) electrons. The predicted molar refractivity (Wildman–Crippen MR) is 122 cm³/mol. The van der Waals surface area contributed by atoms with Crippen molar-refractivity contribution in [3.05, 3.63) is 102 Å². The van der Waals surface area contributed by atoms with Crippen molar-refractivity contribution in [2.75, 3.05) is 6.54 Å². The summed E-state index contributed by atoms with van der Waals surface area (Å²) in [6.07, 6.45) is 6.81. The van der Waals surface area contributed by atoms with Crippen LogP contribution in [0, 0.1) is 6.92 Å². The summed E-state index contributed by atoms with van der Waals surface area (Å²) in [5, 5.41) is 12.7. The number of carboxylic acids is 1. The van der Waals surface area contributed by atoms with Crippen molar-refractivity contribution in [2.45, 2.75) is 29.7 Å². The van der Waals surface area contributed by atoms with Gasteiger partial charge in [-0.05, 0) is 42.3 Å². The van der Waals surface area contributed by atoms with Crippen molar-refractivity contribution < 1.29 is 9.90 Å². The second-order valence-electron chi connectivity index (χ2n) is 7.23. The average molecular weight is 417 g/mol. The SMILES string of the molecule is Cc1c(Cc2ccccc2Sc2ccccc2)cc(C2=CNCC=C2)n1CC(=O)O. The first-order valence-corrected chi connectivity index (χ1v) is 10.8. The minimum absolute atomic E-state index is 0.0489. The molecule has 152 valence electrons. The number of hydrogen-bond donors (Lipinski definition) is 2. The van der Waals surface area contributed by atoms with Crippen molar-refractivity contribution in [3.63, 3.8) is 0 Å². The van der Waals surface area contributed by atoms with E-state index in [9.17, 15) is 9.90 Å².